The maximum absolute atomic E-state index is 9.43. The van der Waals surface area contributed by atoms with Crippen LogP contribution in [0.15, 0.2) is 0 Å². The molecule has 0 radical (unpaired) electrons. The normalized spacial score (nSPS) is 14.8. The van der Waals surface area contributed by atoms with Crippen LogP contribution >= 0.6 is 0 Å². The van der Waals surface area contributed by atoms with Gasteiger partial charge in [0.2, 0.25) is 0 Å². The molecule has 2 nitrogen and oxygen atoms in total. The zero-order chi connectivity index (χ0) is 9.61. The summed E-state index contributed by atoms with van der Waals surface area (Å²) in [6.07, 6.45) is 4.23. The highest BCUT2D eigenvalue weighted by molar-refractivity contribution is 4.67. The number of aliphatic hydroxyl groups is 2. The van der Waals surface area contributed by atoms with Crippen LogP contribution < -0.4 is 0 Å². The molecule has 12 heavy (non-hydrogen) atoms. The van der Waals surface area contributed by atoms with E-state index in [9.17, 15) is 10.2 Å². The van der Waals surface area contributed by atoms with Crippen molar-refractivity contribution in [3.63, 3.8) is 0 Å². The molecule has 0 bridgehead atoms. The maximum Gasteiger partial charge on any atom is 0.0592 e. The first-order valence-electron chi connectivity index (χ1n) is 4.86. The molecule has 2 heteroatoms. The van der Waals surface area contributed by atoms with Crippen LogP contribution in [0.25, 0.3) is 0 Å². The maximum atomic E-state index is 9.43. The van der Waals surface area contributed by atoms with Crippen LogP contribution in [-0.4, -0.2) is 21.9 Å². The summed E-state index contributed by atoms with van der Waals surface area (Å²) in [5.74, 6) is 0. The molecule has 2 N–H and O–H groups in total. The first-order valence-corrected chi connectivity index (χ1v) is 4.86. The van der Waals surface area contributed by atoms with Crippen LogP contribution in [-0.2, 0) is 0 Å². The van der Waals surface area contributed by atoms with E-state index in [2.05, 4.69) is 6.92 Å². The summed E-state index contributed by atoms with van der Waals surface area (Å²) in [7, 11) is 0. The van der Waals surface area contributed by atoms with Gasteiger partial charge in [0, 0.05) is 0 Å². The molecule has 0 amide bonds. The van der Waals surface area contributed by atoms with Crippen LogP contribution in [0.5, 0.6) is 0 Å². The largest absolute Gasteiger partial charge is 0.393 e. The molecule has 0 aromatic rings. The Morgan fingerprint density at radius 2 is 1.83 bits per heavy atom. The smallest absolute Gasteiger partial charge is 0.0592 e. The summed E-state index contributed by atoms with van der Waals surface area (Å²) in [5, 5.41) is 18.8. The molecule has 0 aromatic heterocycles. The molecule has 74 valence electrons. The molecule has 0 spiro atoms. The third kappa shape index (κ3) is 8.02. The van der Waals surface area contributed by atoms with Crippen molar-refractivity contribution in [2.75, 3.05) is 0 Å². The summed E-state index contributed by atoms with van der Waals surface area (Å²) in [6, 6.07) is 0. The van der Waals surface area contributed by atoms with Crippen molar-refractivity contribution < 1.29 is 10.2 Å². The van der Waals surface area contributed by atoms with E-state index >= 15 is 0 Å². The molecular weight excluding hydrogens is 152 g/mol. The van der Waals surface area contributed by atoms with Gasteiger partial charge in [0.25, 0.3) is 0 Å². The second-order valence-corrected chi connectivity index (χ2v) is 4.15. The number of unbranched alkanes of at least 4 members (excludes halogenated alkanes) is 1. The third-order valence-corrected chi connectivity index (χ3v) is 1.98. The minimum atomic E-state index is -0.632. The fourth-order valence-electron chi connectivity index (χ4n) is 1.10. The van der Waals surface area contributed by atoms with Crippen molar-refractivity contribution in [1.82, 2.24) is 0 Å². The van der Waals surface area contributed by atoms with E-state index in [4.69, 9.17) is 0 Å². The minimum absolute atomic E-state index is 0.226. The molecule has 0 aliphatic carbocycles. The summed E-state index contributed by atoms with van der Waals surface area (Å²) in [4.78, 5) is 0. The van der Waals surface area contributed by atoms with Crippen LogP contribution in [0.1, 0.15) is 52.9 Å². The number of hydrogen-bond acceptors (Lipinski definition) is 2. The Labute approximate surface area is 75.6 Å². The Morgan fingerprint density at radius 1 is 1.25 bits per heavy atom. The first-order chi connectivity index (χ1) is 5.45. The first kappa shape index (κ1) is 11.9. The SMILES string of the molecule is CCCCC(O)CCC(C)(C)O. The van der Waals surface area contributed by atoms with E-state index in [0.29, 0.717) is 12.8 Å². The fourth-order valence-corrected chi connectivity index (χ4v) is 1.10. The van der Waals surface area contributed by atoms with Gasteiger partial charge < -0.3 is 10.2 Å². The van der Waals surface area contributed by atoms with E-state index in [0.717, 1.165) is 19.3 Å². The molecule has 1 unspecified atom stereocenters. The Bertz CT molecular complexity index is 105. The summed E-state index contributed by atoms with van der Waals surface area (Å²) < 4.78 is 0. The lowest BCUT2D eigenvalue weighted by Gasteiger charge is -2.19. The van der Waals surface area contributed by atoms with Crippen LogP contribution in [0.4, 0.5) is 0 Å². The standard InChI is InChI=1S/C10H22O2/c1-4-5-6-9(11)7-8-10(2,3)12/h9,11-12H,4-8H2,1-3H3. The monoisotopic (exact) mass is 174 g/mol. The Kier molecular flexibility index (Phi) is 5.51. The van der Waals surface area contributed by atoms with Gasteiger partial charge in [-0.05, 0) is 33.1 Å². The lowest BCUT2D eigenvalue weighted by atomic mass is 9.98. The van der Waals surface area contributed by atoms with E-state index in [1.165, 1.54) is 0 Å². The second kappa shape index (κ2) is 5.55. The number of rotatable bonds is 6. The zero-order valence-electron chi connectivity index (χ0n) is 8.51. The van der Waals surface area contributed by atoms with Crippen molar-refractivity contribution in [2.24, 2.45) is 0 Å². The van der Waals surface area contributed by atoms with Gasteiger partial charge in [0.05, 0.1) is 11.7 Å². The molecule has 0 saturated heterocycles. The summed E-state index contributed by atoms with van der Waals surface area (Å²) in [6.45, 7) is 5.67. The Morgan fingerprint density at radius 3 is 2.25 bits per heavy atom. The van der Waals surface area contributed by atoms with Gasteiger partial charge in [-0.1, -0.05) is 19.8 Å². The molecule has 1 atom stereocenters. The number of hydrogen-bond donors (Lipinski definition) is 2. The van der Waals surface area contributed by atoms with Crippen molar-refractivity contribution in [1.29, 1.82) is 0 Å². The third-order valence-electron chi connectivity index (χ3n) is 1.98. The van der Waals surface area contributed by atoms with Gasteiger partial charge >= 0.3 is 0 Å². The van der Waals surface area contributed by atoms with Crippen LogP contribution in [0.3, 0.4) is 0 Å². The van der Waals surface area contributed by atoms with Crippen molar-refractivity contribution in [3.05, 3.63) is 0 Å². The van der Waals surface area contributed by atoms with Crippen LogP contribution in [0.2, 0.25) is 0 Å². The molecular formula is C10H22O2. The highest BCUT2D eigenvalue weighted by Crippen LogP contribution is 2.14. The highest BCUT2D eigenvalue weighted by atomic mass is 16.3. The average molecular weight is 174 g/mol. The molecule has 0 fully saturated rings. The van der Waals surface area contributed by atoms with Crippen molar-refractivity contribution >= 4 is 0 Å². The molecule has 0 rings (SSSR count). The van der Waals surface area contributed by atoms with E-state index in [1.807, 2.05) is 0 Å². The predicted octanol–water partition coefficient (Wildman–Crippen LogP) is 2.09. The van der Waals surface area contributed by atoms with Crippen LogP contribution in [0, 0.1) is 0 Å². The van der Waals surface area contributed by atoms with Gasteiger partial charge in [-0.15, -0.1) is 0 Å². The quantitative estimate of drug-likeness (QED) is 0.647. The summed E-state index contributed by atoms with van der Waals surface area (Å²) >= 11 is 0. The second-order valence-electron chi connectivity index (χ2n) is 4.15. The molecule has 0 saturated carbocycles. The van der Waals surface area contributed by atoms with Crippen molar-refractivity contribution in [2.45, 2.75) is 64.6 Å². The average Bonchev–Trinajstić information content (AvgIpc) is 1.95. The number of aliphatic hydroxyl groups excluding tert-OH is 1. The van der Waals surface area contributed by atoms with Gasteiger partial charge in [-0.3, -0.25) is 0 Å². The fraction of sp³-hybridized carbons (Fsp3) is 1.00. The molecule has 0 aliphatic heterocycles. The van der Waals surface area contributed by atoms with E-state index in [-0.39, 0.29) is 6.10 Å². The molecule has 0 aromatic carbocycles. The summed E-state index contributed by atoms with van der Waals surface area (Å²) in [5.41, 5.74) is -0.632. The van der Waals surface area contributed by atoms with Gasteiger partial charge in [0.15, 0.2) is 0 Å². The Hall–Kier alpha value is -0.0800. The molecule has 0 aliphatic rings. The topological polar surface area (TPSA) is 40.5 Å². The zero-order valence-corrected chi connectivity index (χ0v) is 8.51. The van der Waals surface area contributed by atoms with Crippen molar-refractivity contribution in [3.8, 4) is 0 Å². The predicted molar refractivity (Wildman–Crippen MR) is 51.1 cm³/mol. The minimum Gasteiger partial charge on any atom is -0.393 e. The lowest BCUT2D eigenvalue weighted by molar-refractivity contribution is 0.0466. The Balaban J connectivity index is 3.37. The van der Waals surface area contributed by atoms with E-state index < -0.39 is 5.60 Å². The van der Waals surface area contributed by atoms with Gasteiger partial charge in [-0.25, -0.2) is 0 Å². The van der Waals surface area contributed by atoms with Gasteiger partial charge in [0.1, 0.15) is 0 Å². The van der Waals surface area contributed by atoms with E-state index in [1.54, 1.807) is 13.8 Å². The highest BCUT2D eigenvalue weighted by Gasteiger charge is 2.14. The molecule has 0 heterocycles. The van der Waals surface area contributed by atoms with Gasteiger partial charge in [-0.2, -0.15) is 0 Å². The lowest BCUT2D eigenvalue weighted by Crippen LogP contribution is -2.21.